The Morgan fingerprint density at radius 2 is 1.84 bits per heavy atom. The number of ether oxygens (including phenoxy) is 1. The van der Waals surface area contributed by atoms with Crippen molar-refractivity contribution in [3.8, 4) is 6.01 Å². The van der Waals surface area contributed by atoms with Crippen molar-refractivity contribution in [2.75, 3.05) is 37.7 Å². The highest BCUT2D eigenvalue weighted by Gasteiger charge is 2.45. The highest BCUT2D eigenvalue weighted by Crippen LogP contribution is 2.40. The molecular weight excluding hydrogens is 470 g/mol. The molecule has 1 aromatic heterocycles. The molecule has 0 saturated carbocycles. The molecule has 6 nitrogen and oxygen atoms in total. The van der Waals surface area contributed by atoms with Crippen LogP contribution in [-0.2, 0) is 0 Å². The van der Waals surface area contributed by atoms with Crippen LogP contribution >= 0.6 is 15.9 Å². The molecule has 1 atom stereocenters. The Morgan fingerprint density at radius 1 is 1.13 bits per heavy atom. The Labute approximate surface area is 188 Å². The average Bonchev–Trinajstić information content (AvgIpc) is 3.30. The zero-order chi connectivity index (χ0) is 21.8. The topological polar surface area (TPSA) is 61.7 Å². The maximum atomic E-state index is 15.0. The van der Waals surface area contributed by atoms with E-state index in [0.29, 0.717) is 31.9 Å². The van der Waals surface area contributed by atoms with Gasteiger partial charge in [-0.05, 0) is 80.5 Å². The van der Waals surface area contributed by atoms with Gasteiger partial charge in [0.15, 0.2) is 5.82 Å². The van der Waals surface area contributed by atoms with Crippen LogP contribution in [0.4, 0.5) is 14.6 Å². The lowest BCUT2D eigenvalue weighted by Crippen LogP contribution is -2.46. The van der Waals surface area contributed by atoms with Crippen LogP contribution in [0.25, 0.3) is 10.9 Å². The number of piperidine rings is 1. The summed E-state index contributed by atoms with van der Waals surface area (Å²) in [7, 11) is 0. The lowest BCUT2D eigenvalue weighted by molar-refractivity contribution is 0.0447. The van der Waals surface area contributed by atoms with E-state index in [2.05, 4.69) is 30.8 Å². The second kappa shape index (κ2) is 7.78. The standard InChI is InChI=1S/C22H27BrF2N4O2/c1-21(30)5-2-8-28(12-21)19-14-11-15(24)16(23)17(25)18(14)26-20(27-19)31-13-22-6-3-9-29(22)10-4-7-22/h11,30H,2-10,12-13H2,1H3/t21-/m1/s1. The second-order valence-corrected chi connectivity index (χ2v) is 10.2. The molecule has 3 aliphatic rings. The van der Waals surface area contributed by atoms with Gasteiger partial charge in [-0.3, -0.25) is 4.90 Å². The van der Waals surface area contributed by atoms with E-state index < -0.39 is 17.2 Å². The zero-order valence-electron chi connectivity index (χ0n) is 17.6. The second-order valence-electron chi connectivity index (χ2n) is 9.44. The summed E-state index contributed by atoms with van der Waals surface area (Å²) in [6.07, 6.45) is 5.88. The molecule has 3 aliphatic heterocycles. The van der Waals surface area contributed by atoms with Gasteiger partial charge in [-0.2, -0.15) is 9.97 Å². The molecule has 3 fully saturated rings. The molecule has 168 valence electrons. The van der Waals surface area contributed by atoms with Gasteiger partial charge in [0, 0.05) is 18.5 Å². The van der Waals surface area contributed by atoms with E-state index in [1.807, 2.05) is 4.90 Å². The highest BCUT2D eigenvalue weighted by molar-refractivity contribution is 9.10. The van der Waals surface area contributed by atoms with Crippen LogP contribution in [0.5, 0.6) is 6.01 Å². The van der Waals surface area contributed by atoms with Crippen LogP contribution < -0.4 is 9.64 Å². The Balaban J connectivity index is 1.54. The summed E-state index contributed by atoms with van der Waals surface area (Å²) in [5.41, 5.74) is -0.864. The van der Waals surface area contributed by atoms with Crippen molar-refractivity contribution in [1.82, 2.24) is 14.9 Å². The third-order valence-electron chi connectivity index (χ3n) is 7.04. The van der Waals surface area contributed by atoms with Gasteiger partial charge >= 0.3 is 6.01 Å². The number of anilines is 1. The lowest BCUT2D eigenvalue weighted by Gasteiger charge is -2.38. The summed E-state index contributed by atoms with van der Waals surface area (Å²) >= 11 is 2.98. The molecule has 0 radical (unpaired) electrons. The van der Waals surface area contributed by atoms with Crippen molar-refractivity contribution in [3.63, 3.8) is 0 Å². The smallest absolute Gasteiger partial charge is 0.319 e. The molecule has 0 unspecified atom stereocenters. The first-order valence-electron chi connectivity index (χ1n) is 11.0. The molecule has 1 aromatic carbocycles. The Morgan fingerprint density at radius 3 is 2.55 bits per heavy atom. The first-order chi connectivity index (χ1) is 14.8. The Kier molecular flexibility index (Phi) is 5.34. The predicted molar refractivity (Wildman–Crippen MR) is 117 cm³/mol. The molecule has 31 heavy (non-hydrogen) atoms. The lowest BCUT2D eigenvalue weighted by atomic mass is 9.95. The number of benzene rings is 1. The fourth-order valence-electron chi connectivity index (χ4n) is 5.50. The Hall–Kier alpha value is -1.58. The molecule has 0 bridgehead atoms. The van der Waals surface area contributed by atoms with Crippen molar-refractivity contribution in [2.24, 2.45) is 0 Å². The van der Waals surface area contributed by atoms with E-state index in [4.69, 9.17) is 4.74 Å². The summed E-state index contributed by atoms with van der Waals surface area (Å²) in [6, 6.07) is 1.34. The largest absolute Gasteiger partial charge is 0.461 e. The van der Waals surface area contributed by atoms with Gasteiger partial charge in [0.1, 0.15) is 23.8 Å². The first-order valence-corrected chi connectivity index (χ1v) is 11.8. The minimum Gasteiger partial charge on any atom is -0.461 e. The number of aromatic nitrogens is 2. The molecule has 0 amide bonds. The molecule has 4 heterocycles. The fraction of sp³-hybridized carbons (Fsp3) is 0.636. The van der Waals surface area contributed by atoms with Gasteiger partial charge in [0.2, 0.25) is 0 Å². The first kappa shape index (κ1) is 21.3. The monoisotopic (exact) mass is 496 g/mol. The number of rotatable bonds is 4. The van der Waals surface area contributed by atoms with E-state index in [-0.39, 0.29) is 26.9 Å². The van der Waals surface area contributed by atoms with Crippen LogP contribution in [0.1, 0.15) is 45.4 Å². The van der Waals surface area contributed by atoms with E-state index in [9.17, 15) is 13.9 Å². The van der Waals surface area contributed by atoms with Crippen molar-refractivity contribution in [2.45, 2.75) is 56.6 Å². The number of aliphatic hydroxyl groups is 1. The van der Waals surface area contributed by atoms with Crippen molar-refractivity contribution in [3.05, 3.63) is 22.2 Å². The van der Waals surface area contributed by atoms with Crippen LogP contribution in [0, 0.1) is 11.6 Å². The number of nitrogens with zero attached hydrogens (tertiary/aromatic N) is 4. The van der Waals surface area contributed by atoms with E-state index in [1.54, 1.807) is 6.92 Å². The molecule has 2 aromatic rings. The van der Waals surface area contributed by atoms with E-state index in [1.165, 1.54) is 6.07 Å². The number of hydrogen-bond acceptors (Lipinski definition) is 6. The average molecular weight is 497 g/mol. The summed E-state index contributed by atoms with van der Waals surface area (Å²) in [5.74, 6) is -1.08. The van der Waals surface area contributed by atoms with Crippen LogP contribution in [0.15, 0.2) is 10.5 Å². The minimum absolute atomic E-state index is 0.00913. The van der Waals surface area contributed by atoms with Gasteiger partial charge in [-0.15, -0.1) is 0 Å². The summed E-state index contributed by atoms with van der Waals surface area (Å²) < 4.78 is 35.2. The number of halogens is 3. The fourth-order valence-corrected chi connectivity index (χ4v) is 5.81. The van der Waals surface area contributed by atoms with Gasteiger partial charge in [0.05, 0.1) is 15.6 Å². The maximum Gasteiger partial charge on any atom is 0.319 e. The van der Waals surface area contributed by atoms with Crippen LogP contribution in [-0.4, -0.2) is 63.9 Å². The number of hydrogen-bond donors (Lipinski definition) is 1. The number of β-amino-alcohol motifs (C(OH)–C–C–N with tert-alkyl or cyclic N) is 1. The predicted octanol–water partition coefficient (Wildman–Crippen LogP) is 4.03. The molecule has 0 spiro atoms. The molecular formula is C22H27BrF2N4O2. The summed E-state index contributed by atoms with van der Waals surface area (Å²) in [5, 5.41) is 10.9. The quantitative estimate of drug-likeness (QED) is 0.644. The molecule has 9 heteroatoms. The summed E-state index contributed by atoms with van der Waals surface area (Å²) in [4.78, 5) is 13.3. The summed E-state index contributed by atoms with van der Waals surface area (Å²) in [6.45, 7) is 5.35. The van der Waals surface area contributed by atoms with Crippen LogP contribution in [0.2, 0.25) is 0 Å². The van der Waals surface area contributed by atoms with E-state index in [0.717, 1.165) is 45.2 Å². The van der Waals surface area contributed by atoms with Gasteiger partial charge < -0.3 is 14.7 Å². The Bertz CT molecular complexity index is 1010. The molecule has 5 rings (SSSR count). The normalized spacial score (nSPS) is 25.9. The van der Waals surface area contributed by atoms with E-state index >= 15 is 0 Å². The van der Waals surface area contributed by atoms with Crippen molar-refractivity contribution >= 4 is 32.7 Å². The zero-order valence-corrected chi connectivity index (χ0v) is 19.2. The van der Waals surface area contributed by atoms with Crippen molar-refractivity contribution < 1.29 is 18.6 Å². The minimum atomic E-state index is -0.893. The number of fused-ring (bicyclic) bond motifs is 2. The molecule has 3 saturated heterocycles. The SMILES string of the molecule is C[C@@]1(O)CCCN(c2nc(OCC34CCCN3CCC4)nc3c(F)c(Br)c(F)cc23)C1. The van der Waals surface area contributed by atoms with Crippen LogP contribution in [0.3, 0.4) is 0 Å². The van der Waals surface area contributed by atoms with Crippen molar-refractivity contribution in [1.29, 1.82) is 0 Å². The third kappa shape index (κ3) is 3.78. The third-order valence-corrected chi connectivity index (χ3v) is 7.77. The molecule has 1 N–H and O–H groups in total. The molecule has 0 aliphatic carbocycles. The van der Waals surface area contributed by atoms with Gasteiger partial charge in [-0.25, -0.2) is 8.78 Å². The van der Waals surface area contributed by atoms with Gasteiger partial charge in [0.25, 0.3) is 0 Å². The van der Waals surface area contributed by atoms with Gasteiger partial charge in [-0.1, -0.05) is 0 Å². The highest BCUT2D eigenvalue weighted by atomic mass is 79.9. The maximum absolute atomic E-state index is 15.0.